The van der Waals surface area contributed by atoms with Crippen LogP contribution in [-0.2, 0) is 0 Å². The Morgan fingerprint density at radius 1 is 1.14 bits per heavy atom. The molecule has 0 radical (unpaired) electrons. The Kier molecular flexibility index (Phi) is 3.35. The van der Waals surface area contributed by atoms with E-state index in [1.165, 1.54) is 0 Å². The first kappa shape index (κ1) is 13.2. The summed E-state index contributed by atoms with van der Waals surface area (Å²) in [5.74, 6) is 0.631. The van der Waals surface area contributed by atoms with Gasteiger partial charge in [0.25, 0.3) is 5.91 Å². The number of amides is 1. The Morgan fingerprint density at radius 2 is 1.90 bits per heavy atom. The van der Waals surface area contributed by atoms with Crippen LogP contribution < -0.4 is 5.32 Å². The van der Waals surface area contributed by atoms with Gasteiger partial charge in [-0.25, -0.2) is 0 Å². The lowest BCUT2D eigenvalue weighted by Gasteiger charge is -2.03. The fourth-order valence-electron chi connectivity index (χ4n) is 1.99. The van der Waals surface area contributed by atoms with Crippen molar-refractivity contribution >= 4 is 22.8 Å². The van der Waals surface area contributed by atoms with Crippen LogP contribution in [0.1, 0.15) is 35.8 Å². The Labute approximate surface area is 121 Å². The molecular weight excluding hydrogens is 266 g/mol. The normalized spacial score (nSPS) is 11.0. The van der Waals surface area contributed by atoms with E-state index in [-0.39, 0.29) is 5.91 Å². The van der Waals surface area contributed by atoms with E-state index < -0.39 is 0 Å². The molecule has 0 saturated carbocycles. The minimum absolute atomic E-state index is 0.218. The van der Waals surface area contributed by atoms with Crippen LogP contribution in [0.15, 0.2) is 36.7 Å². The SMILES string of the molecule is CC(C)c1cc(NC(=O)c2ccc3nccnc3c2)n[nH]1. The molecule has 0 bridgehead atoms. The lowest BCUT2D eigenvalue weighted by Crippen LogP contribution is -2.12. The van der Waals surface area contributed by atoms with E-state index in [4.69, 9.17) is 0 Å². The molecule has 2 heterocycles. The van der Waals surface area contributed by atoms with Crippen molar-refractivity contribution in [2.24, 2.45) is 0 Å². The summed E-state index contributed by atoms with van der Waals surface area (Å²) in [6, 6.07) is 7.06. The minimum Gasteiger partial charge on any atom is -0.305 e. The van der Waals surface area contributed by atoms with Gasteiger partial charge in [0, 0.05) is 29.7 Å². The number of aromatic amines is 1. The first-order chi connectivity index (χ1) is 10.1. The maximum atomic E-state index is 12.2. The van der Waals surface area contributed by atoms with Crippen LogP contribution in [-0.4, -0.2) is 26.1 Å². The first-order valence-corrected chi connectivity index (χ1v) is 6.71. The van der Waals surface area contributed by atoms with Gasteiger partial charge in [0.05, 0.1) is 11.0 Å². The highest BCUT2D eigenvalue weighted by molar-refractivity contribution is 6.05. The summed E-state index contributed by atoms with van der Waals surface area (Å²) >= 11 is 0. The van der Waals surface area contributed by atoms with E-state index in [9.17, 15) is 4.79 Å². The topological polar surface area (TPSA) is 83.6 Å². The average molecular weight is 281 g/mol. The number of nitrogens with one attached hydrogen (secondary N) is 2. The van der Waals surface area contributed by atoms with Crippen LogP contribution in [0.4, 0.5) is 5.82 Å². The van der Waals surface area contributed by atoms with E-state index in [0.29, 0.717) is 22.8 Å². The van der Waals surface area contributed by atoms with Gasteiger partial charge in [-0.1, -0.05) is 13.8 Å². The number of fused-ring (bicyclic) bond motifs is 1. The van der Waals surface area contributed by atoms with Crippen LogP contribution in [0, 0.1) is 0 Å². The summed E-state index contributed by atoms with van der Waals surface area (Å²) in [5, 5.41) is 9.75. The predicted molar refractivity (Wildman–Crippen MR) is 80.2 cm³/mol. The number of rotatable bonds is 3. The fraction of sp³-hybridized carbons (Fsp3) is 0.200. The zero-order valence-corrected chi connectivity index (χ0v) is 11.8. The van der Waals surface area contributed by atoms with Gasteiger partial charge >= 0.3 is 0 Å². The molecule has 0 atom stereocenters. The van der Waals surface area contributed by atoms with Crippen molar-refractivity contribution in [3.05, 3.63) is 47.9 Å². The van der Waals surface area contributed by atoms with Crippen molar-refractivity contribution in [3.8, 4) is 0 Å². The molecule has 2 aromatic heterocycles. The predicted octanol–water partition coefficient (Wildman–Crippen LogP) is 2.73. The highest BCUT2D eigenvalue weighted by atomic mass is 16.1. The summed E-state index contributed by atoms with van der Waals surface area (Å²) in [5.41, 5.74) is 2.96. The molecular formula is C15H15N5O. The van der Waals surface area contributed by atoms with E-state index in [0.717, 1.165) is 11.2 Å². The smallest absolute Gasteiger partial charge is 0.256 e. The molecule has 6 heteroatoms. The van der Waals surface area contributed by atoms with Crippen LogP contribution in [0.3, 0.4) is 0 Å². The van der Waals surface area contributed by atoms with Gasteiger partial charge in [0.1, 0.15) is 0 Å². The number of hydrogen-bond donors (Lipinski definition) is 2. The molecule has 0 fully saturated rings. The van der Waals surface area contributed by atoms with Crippen molar-refractivity contribution in [2.45, 2.75) is 19.8 Å². The maximum absolute atomic E-state index is 12.2. The van der Waals surface area contributed by atoms with Crippen molar-refractivity contribution in [2.75, 3.05) is 5.32 Å². The van der Waals surface area contributed by atoms with E-state index in [2.05, 4.69) is 39.3 Å². The molecule has 1 aromatic carbocycles. The molecule has 3 rings (SSSR count). The van der Waals surface area contributed by atoms with E-state index in [1.807, 2.05) is 6.07 Å². The monoisotopic (exact) mass is 281 g/mol. The molecule has 0 aliphatic rings. The summed E-state index contributed by atoms with van der Waals surface area (Å²) < 4.78 is 0. The molecule has 0 spiro atoms. The van der Waals surface area contributed by atoms with E-state index in [1.54, 1.807) is 30.6 Å². The number of hydrogen-bond acceptors (Lipinski definition) is 4. The Bertz CT molecular complexity index is 793. The summed E-state index contributed by atoms with van der Waals surface area (Å²) in [6.45, 7) is 4.11. The molecule has 21 heavy (non-hydrogen) atoms. The third-order valence-corrected chi connectivity index (χ3v) is 3.19. The first-order valence-electron chi connectivity index (χ1n) is 6.71. The minimum atomic E-state index is -0.218. The standard InChI is InChI=1S/C15H15N5O/c1-9(2)12-8-14(20-19-12)18-15(21)10-3-4-11-13(7-10)17-6-5-16-11/h3-9H,1-2H3,(H2,18,19,20,21). The third-order valence-electron chi connectivity index (χ3n) is 3.19. The van der Waals surface area contributed by atoms with Crippen LogP contribution >= 0.6 is 0 Å². The molecule has 6 nitrogen and oxygen atoms in total. The maximum Gasteiger partial charge on any atom is 0.256 e. The zero-order chi connectivity index (χ0) is 14.8. The molecule has 106 valence electrons. The number of H-pyrrole nitrogens is 1. The number of carbonyl (C=O) groups is 1. The van der Waals surface area contributed by atoms with Crippen molar-refractivity contribution in [1.29, 1.82) is 0 Å². The largest absolute Gasteiger partial charge is 0.305 e. The molecule has 1 amide bonds. The lowest BCUT2D eigenvalue weighted by molar-refractivity contribution is 0.102. The van der Waals surface area contributed by atoms with Gasteiger partial charge in [-0.3, -0.25) is 19.9 Å². The van der Waals surface area contributed by atoms with Gasteiger partial charge in [0.15, 0.2) is 5.82 Å². The summed E-state index contributed by atoms with van der Waals surface area (Å²) in [6.07, 6.45) is 3.23. The molecule has 3 aromatic rings. The quantitative estimate of drug-likeness (QED) is 0.773. The van der Waals surface area contributed by atoms with Gasteiger partial charge in [-0.15, -0.1) is 0 Å². The van der Waals surface area contributed by atoms with Crippen molar-refractivity contribution in [3.63, 3.8) is 0 Å². The Balaban J connectivity index is 1.82. The van der Waals surface area contributed by atoms with Gasteiger partial charge in [0.2, 0.25) is 0 Å². The second-order valence-corrected chi connectivity index (χ2v) is 5.08. The van der Waals surface area contributed by atoms with Gasteiger partial charge < -0.3 is 5.32 Å². The van der Waals surface area contributed by atoms with Crippen LogP contribution in [0.5, 0.6) is 0 Å². The second-order valence-electron chi connectivity index (χ2n) is 5.08. The van der Waals surface area contributed by atoms with Crippen LogP contribution in [0.25, 0.3) is 11.0 Å². The molecule has 0 aliphatic heterocycles. The summed E-state index contributed by atoms with van der Waals surface area (Å²) in [4.78, 5) is 20.6. The van der Waals surface area contributed by atoms with Crippen molar-refractivity contribution < 1.29 is 4.79 Å². The average Bonchev–Trinajstić information content (AvgIpc) is 2.95. The Morgan fingerprint density at radius 3 is 2.62 bits per heavy atom. The van der Waals surface area contributed by atoms with E-state index >= 15 is 0 Å². The highest BCUT2D eigenvalue weighted by Crippen LogP contribution is 2.16. The molecule has 0 saturated heterocycles. The Hall–Kier alpha value is -2.76. The van der Waals surface area contributed by atoms with Gasteiger partial charge in [-0.2, -0.15) is 5.10 Å². The van der Waals surface area contributed by atoms with Crippen LogP contribution in [0.2, 0.25) is 0 Å². The number of nitrogens with zero attached hydrogens (tertiary/aromatic N) is 3. The third kappa shape index (κ3) is 2.74. The number of anilines is 1. The van der Waals surface area contributed by atoms with Crippen molar-refractivity contribution in [1.82, 2.24) is 20.2 Å². The second kappa shape index (κ2) is 5.32. The number of benzene rings is 1. The molecule has 0 aliphatic carbocycles. The molecule has 2 N–H and O–H groups in total. The highest BCUT2D eigenvalue weighted by Gasteiger charge is 2.11. The zero-order valence-electron chi connectivity index (χ0n) is 11.8. The van der Waals surface area contributed by atoms with Gasteiger partial charge in [-0.05, 0) is 24.1 Å². The number of aromatic nitrogens is 4. The lowest BCUT2D eigenvalue weighted by atomic mass is 10.1. The fourth-order valence-corrected chi connectivity index (χ4v) is 1.99. The number of carbonyl (C=O) groups excluding carboxylic acids is 1. The summed E-state index contributed by atoms with van der Waals surface area (Å²) in [7, 11) is 0. The molecule has 0 unspecified atom stereocenters.